The van der Waals surface area contributed by atoms with E-state index in [1.165, 1.54) is 4.88 Å². The molecule has 8 nitrogen and oxygen atoms in total. The van der Waals surface area contributed by atoms with Crippen molar-refractivity contribution < 1.29 is 4.79 Å². The molecule has 0 saturated carbocycles. The Kier molecular flexibility index (Phi) is 6.18. The number of rotatable bonds is 6. The van der Waals surface area contributed by atoms with E-state index >= 15 is 0 Å². The zero-order valence-corrected chi connectivity index (χ0v) is 17.2. The maximum Gasteiger partial charge on any atom is 0.319 e. The van der Waals surface area contributed by atoms with Gasteiger partial charge >= 0.3 is 6.03 Å². The predicted octanol–water partition coefficient (Wildman–Crippen LogP) is 2.44. The first-order valence-corrected chi connectivity index (χ1v) is 10.5. The van der Waals surface area contributed by atoms with Gasteiger partial charge in [0.15, 0.2) is 5.82 Å². The fourth-order valence-electron chi connectivity index (χ4n) is 3.39. The van der Waals surface area contributed by atoms with Crippen LogP contribution in [0.5, 0.6) is 0 Å². The molecule has 0 spiro atoms. The minimum Gasteiger partial charge on any atom is -0.336 e. The molecule has 1 aliphatic rings. The number of hydrogen-bond donors (Lipinski definition) is 2. The molecule has 1 fully saturated rings. The summed E-state index contributed by atoms with van der Waals surface area (Å²) in [6.07, 6.45) is 5.16. The van der Waals surface area contributed by atoms with Gasteiger partial charge in [-0.05, 0) is 36.7 Å². The molecule has 1 atom stereocenters. The third kappa shape index (κ3) is 5.00. The molecule has 152 valence electrons. The lowest BCUT2D eigenvalue weighted by Crippen LogP contribution is -2.48. The van der Waals surface area contributed by atoms with Crippen molar-refractivity contribution in [3.05, 3.63) is 59.2 Å². The quantitative estimate of drug-likeness (QED) is 0.651. The maximum atomic E-state index is 12.4. The lowest BCUT2D eigenvalue weighted by molar-refractivity contribution is 0.113. The summed E-state index contributed by atoms with van der Waals surface area (Å²) in [6, 6.07) is 9.65. The molecule has 0 unspecified atom stereocenters. The Morgan fingerprint density at radius 2 is 2.07 bits per heavy atom. The third-order valence-electron chi connectivity index (χ3n) is 5.05. The number of thiophene rings is 1. The zero-order chi connectivity index (χ0) is 20.1. The van der Waals surface area contributed by atoms with E-state index in [2.05, 4.69) is 55.1 Å². The van der Waals surface area contributed by atoms with Crippen LogP contribution in [0, 0.1) is 0 Å². The van der Waals surface area contributed by atoms with E-state index in [4.69, 9.17) is 0 Å². The van der Waals surface area contributed by atoms with E-state index in [0.717, 1.165) is 26.2 Å². The van der Waals surface area contributed by atoms with Crippen molar-refractivity contribution >= 4 is 23.1 Å². The summed E-state index contributed by atoms with van der Waals surface area (Å²) in [4.78, 5) is 22.8. The number of aromatic nitrogens is 3. The van der Waals surface area contributed by atoms with Crippen molar-refractivity contribution in [1.82, 2.24) is 29.9 Å². The number of nitrogens with one attached hydrogen (secondary N) is 2. The summed E-state index contributed by atoms with van der Waals surface area (Å²) >= 11 is 1.74. The van der Waals surface area contributed by atoms with Gasteiger partial charge < -0.3 is 15.5 Å². The molecule has 3 aromatic rings. The fourth-order valence-corrected chi connectivity index (χ4v) is 4.25. The number of carbonyl (C=O) groups excluding carboxylic acids is 1. The van der Waals surface area contributed by atoms with E-state index in [1.54, 1.807) is 28.4 Å². The van der Waals surface area contributed by atoms with Crippen LogP contribution >= 0.6 is 11.3 Å². The van der Waals surface area contributed by atoms with E-state index in [0.29, 0.717) is 18.1 Å². The summed E-state index contributed by atoms with van der Waals surface area (Å²) in [5, 5.41) is 12.1. The van der Waals surface area contributed by atoms with Crippen molar-refractivity contribution in [2.45, 2.75) is 6.04 Å². The van der Waals surface area contributed by atoms with Crippen LogP contribution in [0.1, 0.15) is 10.9 Å². The van der Waals surface area contributed by atoms with E-state index in [9.17, 15) is 4.79 Å². The average Bonchev–Trinajstić information content (AvgIpc) is 3.44. The molecule has 3 aromatic heterocycles. The fraction of sp³-hybridized carbons (Fsp3) is 0.350. The van der Waals surface area contributed by atoms with Gasteiger partial charge in [-0.1, -0.05) is 6.07 Å². The number of carbonyl (C=O) groups is 1. The number of amides is 2. The monoisotopic (exact) mass is 411 g/mol. The molecule has 0 aromatic carbocycles. The first kappa shape index (κ1) is 19.6. The number of pyridine rings is 1. The van der Waals surface area contributed by atoms with Crippen LogP contribution in [0.2, 0.25) is 0 Å². The molecular formula is C20H25N7OS. The molecule has 1 aliphatic heterocycles. The van der Waals surface area contributed by atoms with Gasteiger partial charge in [-0.2, -0.15) is 5.10 Å². The van der Waals surface area contributed by atoms with Gasteiger partial charge in [0.25, 0.3) is 0 Å². The number of hydrogen-bond acceptors (Lipinski definition) is 6. The Balaban J connectivity index is 1.34. The second-order valence-corrected chi connectivity index (χ2v) is 8.04. The van der Waals surface area contributed by atoms with Crippen LogP contribution in [0.15, 0.2) is 54.3 Å². The normalized spacial score (nSPS) is 16.4. The summed E-state index contributed by atoms with van der Waals surface area (Å²) in [7, 11) is 2.15. The molecule has 9 heteroatoms. The highest BCUT2D eigenvalue weighted by Crippen LogP contribution is 2.25. The summed E-state index contributed by atoms with van der Waals surface area (Å²) in [5.41, 5.74) is 0.644. The van der Waals surface area contributed by atoms with Crippen molar-refractivity contribution in [2.75, 3.05) is 45.1 Å². The first-order chi connectivity index (χ1) is 14.2. The lowest BCUT2D eigenvalue weighted by atomic mass is 10.1. The molecule has 0 radical (unpaired) electrons. The summed E-state index contributed by atoms with van der Waals surface area (Å²) < 4.78 is 1.67. The van der Waals surface area contributed by atoms with Gasteiger partial charge in [0.05, 0.1) is 17.9 Å². The van der Waals surface area contributed by atoms with Crippen LogP contribution < -0.4 is 10.6 Å². The van der Waals surface area contributed by atoms with Gasteiger partial charge in [0, 0.05) is 50.0 Å². The minimum absolute atomic E-state index is 0.190. The van der Waals surface area contributed by atoms with Crippen molar-refractivity contribution in [3.8, 4) is 5.82 Å². The van der Waals surface area contributed by atoms with Crippen molar-refractivity contribution in [2.24, 2.45) is 0 Å². The number of likely N-dealkylation sites (N-methyl/N-ethyl adjacent to an activating group) is 1. The first-order valence-electron chi connectivity index (χ1n) is 9.66. The predicted molar refractivity (Wildman–Crippen MR) is 115 cm³/mol. The standard InChI is InChI=1S/C20H25N7OS/c1-25-9-11-26(12-10-25)17(18-4-2-13-29-18)15-22-20(28)24-16-5-6-19(21-14-16)27-8-3-7-23-27/h2-8,13-14,17H,9-12,15H2,1H3,(H2,22,24,28)/t17-/m0/s1. The SMILES string of the molecule is CN1CCN([C@@H](CNC(=O)Nc2ccc(-n3cccn3)nc2)c2cccs2)CC1. The third-order valence-corrected chi connectivity index (χ3v) is 6.02. The van der Waals surface area contributed by atoms with Crippen molar-refractivity contribution in [3.63, 3.8) is 0 Å². The largest absolute Gasteiger partial charge is 0.336 e. The Labute approximate surface area is 174 Å². The Morgan fingerprint density at radius 1 is 1.21 bits per heavy atom. The molecular weight excluding hydrogens is 386 g/mol. The van der Waals surface area contributed by atoms with Gasteiger partial charge in [-0.25, -0.2) is 14.5 Å². The van der Waals surface area contributed by atoms with Crippen LogP contribution in [-0.4, -0.2) is 70.4 Å². The van der Waals surface area contributed by atoms with Crippen LogP contribution in [0.3, 0.4) is 0 Å². The number of nitrogens with zero attached hydrogens (tertiary/aromatic N) is 5. The number of urea groups is 1. The van der Waals surface area contributed by atoms with Crippen LogP contribution in [0.25, 0.3) is 5.82 Å². The lowest BCUT2D eigenvalue weighted by Gasteiger charge is -2.37. The Hall–Kier alpha value is -2.75. The Bertz CT molecular complexity index is 888. The summed E-state index contributed by atoms with van der Waals surface area (Å²) in [5.74, 6) is 0.703. The number of piperazine rings is 1. The molecule has 1 saturated heterocycles. The highest BCUT2D eigenvalue weighted by molar-refractivity contribution is 7.10. The van der Waals surface area contributed by atoms with Crippen LogP contribution in [0.4, 0.5) is 10.5 Å². The second-order valence-electron chi connectivity index (χ2n) is 7.06. The molecule has 4 heterocycles. The van der Waals surface area contributed by atoms with Crippen molar-refractivity contribution in [1.29, 1.82) is 0 Å². The average molecular weight is 412 g/mol. The molecule has 29 heavy (non-hydrogen) atoms. The molecule has 0 aliphatic carbocycles. The smallest absolute Gasteiger partial charge is 0.319 e. The minimum atomic E-state index is -0.227. The van der Waals surface area contributed by atoms with E-state index in [-0.39, 0.29) is 12.1 Å². The molecule has 4 rings (SSSR count). The van der Waals surface area contributed by atoms with Gasteiger partial charge in [-0.15, -0.1) is 11.3 Å². The summed E-state index contributed by atoms with van der Waals surface area (Å²) in [6.45, 7) is 4.65. The van der Waals surface area contributed by atoms with Crippen LogP contribution in [-0.2, 0) is 0 Å². The zero-order valence-electron chi connectivity index (χ0n) is 16.4. The Morgan fingerprint density at radius 3 is 2.72 bits per heavy atom. The highest BCUT2D eigenvalue weighted by Gasteiger charge is 2.25. The molecule has 2 N–H and O–H groups in total. The van der Waals surface area contributed by atoms with E-state index in [1.807, 2.05) is 24.4 Å². The van der Waals surface area contributed by atoms with Gasteiger partial charge in [0.2, 0.25) is 0 Å². The molecule has 0 bridgehead atoms. The van der Waals surface area contributed by atoms with Gasteiger partial charge in [-0.3, -0.25) is 4.90 Å². The highest BCUT2D eigenvalue weighted by atomic mass is 32.1. The maximum absolute atomic E-state index is 12.4. The topological polar surface area (TPSA) is 78.3 Å². The number of anilines is 1. The molecule has 2 amide bonds. The van der Waals surface area contributed by atoms with Gasteiger partial charge in [0.1, 0.15) is 0 Å². The van der Waals surface area contributed by atoms with E-state index < -0.39 is 0 Å². The second kappa shape index (κ2) is 9.17.